The zero-order chi connectivity index (χ0) is 21.9. The number of nitrogens with zero attached hydrogens (tertiary/aromatic N) is 4. The van der Waals surface area contributed by atoms with Crippen LogP contribution in [0.2, 0.25) is 5.02 Å². The molecule has 0 saturated heterocycles. The fourth-order valence-corrected chi connectivity index (χ4v) is 3.23. The lowest BCUT2D eigenvalue weighted by molar-refractivity contribution is -0.137. The van der Waals surface area contributed by atoms with E-state index in [0.717, 1.165) is 17.8 Å². The van der Waals surface area contributed by atoms with Crippen molar-refractivity contribution >= 4 is 35.1 Å². The second-order valence-electron chi connectivity index (χ2n) is 6.16. The lowest BCUT2D eigenvalue weighted by atomic mass is 10.1. The molecule has 0 aliphatic rings. The quantitative estimate of drug-likeness (QED) is 0.531. The maximum atomic E-state index is 13.0. The van der Waals surface area contributed by atoms with Crippen molar-refractivity contribution in [2.45, 2.75) is 19.1 Å². The van der Waals surface area contributed by atoms with Gasteiger partial charge in [0.2, 0.25) is 0 Å². The molecule has 0 fully saturated rings. The second kappa shape index (κ2) is 8.92. The van der Waals surface area contributed by atoms with Crippen LogP contribution in [0.15, 0.2) is 42.9 Å². The van der Waals surface area contributed by atoms with E-state index in [1.165, 1.54) is 29.0 Å². The molecule has 1 aromatic carbocycles. The number of hydrogen-bond donors (Lipinski definition) is 2. The predicted molar refractivity (Wildman–Crippen MR) is 109 cm³/mol. The summed E-state index contributed by atoms with van der Waals surface area (Å²) in [5.41, 5.74) is -0.409. The molecule has 0 aliphatic heterocycles. The second-order valence-corrected chi connectivity index (χ2v) is 7.21. The molecule has 3 aromatic rings. The van der Waals surface area contributed by atoms with Gasteiger partial charge in [0, 0.05) is 16.8 Å². The van der Waals surface area contributed by atoms with Crippen molar-refractivity contribution in [3.63, 3.8) is 0 Å². The summed E-state index contributed by atoms with van der Waals surface area (Å²) in [6.07, 6.45) is 0.181. The molecule has 2 N–H and O–H groups in total. The van der Waals surface area contributed by atoms with Crippen LogP contribution in [0.25, 0.3) is 5.82 Å². The summed E-state index contributed by atoms with van der Waals surface area (Å²) in [5, 5.41) is 6.55. The Bertz CT molecular complexity index is 1040. The Balaban J connectivity index is 1.81. The highest BCUT2D eigenvalue weighted by atomic mass is 35.5. The Morgan fingerprint density at radius 2 is 2.00 bits per heavy atom. The van der Waals surface area contributed by atoms with Crippen LogP contribution < -0.4 is 10.0 Å². The van der Waals surface area contributed by atoms with E-state index in [2.05, 4.69) is 25.1 Å². The Morgan fingerprint density at radius 1 is 1.23 bits per heavy atom. The standard InChI is InChI=1S/C18H16ClF3N6OS/c1-10(26-17(29)11-5-12(18(20,21)22)7-13(19)6-11)16-24-9-25-28(16)15-4-3-14(8-23-15)27-30-2/h3-10,27H,1-2H3,(H,26,29). The van der Waals surface area contributed by atoms with Gasteiger partial charge in [0.25, 0.3) is 5.91 Å². The molecule has 0 radical (unpaired) electrons. The predicted octanol–water partition coefficient (Wildman–Crippen LogP) is 4.52. The van der Waals surface area contributed by atoms with Crippen molar-refractivity contribution < 1.29 is 18.0 Å². The van der Waals surface area contributed by atoms with E-state index in [-0.39, 0.29) is 10.6 Å². The number of pyridine rings is 1. The highest BCUT2D eigenvalue weighted by molar-refractivity contribution is 7.99. The van der Waals surface area contributed by atoms with Gasteiger partial charge in [-0.25, -0.2) is 9.97 Å². The maximum Gasteiger partial charge on any atom is 0.416 e. The first-order chi connectivity index (χ1) is 14.2. The normalized spacial score (nSPS) is 12.5. The SMILES string of the molecule is CSNc1ccc(-n2ncnc2C(C)NC(=O)c2cc(Cl)cc(C(F)(F)F)c2)nc1. The van der Waals surface area contributed by atoms with E-state index in [1.54, 1.807) is 25.3 Å². The molecule has 0 bridgehead atoms. The number of carbonyl (C=O) groups excluding carboxylic acids is 1. The fraction of sp³-hybridized carbons (Fsp3) is 0.222. The number of rotatable bonds is 6. The van der Waals surface area contributed by atoms with E-state index in [4.69, 9.17) is 11.6 Å². The minimum Gasteiger partial charge on any atom is -0.342 e. The molecule has 0 saturated carbocycles. The molecule has 0 aliphatic carbocycles. The first-order valence-corrected chi connectivity index (χ1v) is 10.1. The molecular formula is C18H16ClF3N6OS. The number of benzene rings is 1. The van der Waals surface area contributed by atoms with E-state index in [0.29, 0.717) is 11.6 Å². The van der Waals surface area contributed by atoms with Gasteiger partial charge < -0.3 is 10.0 Å². The minimum atomic E-state index is -4.62. The van der Waals surface area contributed by atoms with Gasteiger partial charge in [0.05, 0.1) is 23.5 Å². The lowest BCUT2D eigenvalue weighted by Gasteiger charge is -2.15. The van der Waals surface area contributed by atoms with E-state index in [1.807, 2.05) is 6.26 Å². The van der Waals surface area contributed by atoms with Crippen LogP contribution in [0.1, 0.15) is 34.7 Å². The molecule has 1 unspecified atom stereocenters. The van der Waals surface area contributed by atoms with Crippen molar-refractivity contribution in [2.24, 2.45) is 0 Å². The number of amides is 1. The molecule has 1 atom stereocenters. The van der Waals surface area contributed by atoms with Crippen LogP contribution >= 0.6 is 23.5 Å². The van der Waals surface area contributed by atoms with Gasteiger partial charge in [-0.2, -0.15) is 23.0 Å². The number of anilines is 1. The van der Waals surface area contributed by atoms with Gasteiger partial charge in [-0.3, -0.25) is 4.79 Å². The molecule has 2 aromatic heterocycles. The van der Waals surface area contributed by atoms with E-state index >= 15 is 0 Å². The first kappa shape index (κ1) is 21.9. The number of halogens is 4. The summed E-state index contributed by atoms with van der Waals surface area (Å²) >= 11 is 7.18. The van der Waals surface area contributed by atoms with Gasteiger partial charge in [-0.05, 0) is 37.3 Å². The molecule has 3 rings (SSSR count). The van der Waals surface area contributed by atoms with Crippen LogP contribution in [0.3, 0.4) is 0 Å². The number of alkyl halides is 3. The number of hydrogen-bond acceptors (Lipinski definition) is 6. The average Bonchev–Trinajstić information content (AvgIpc) is 3.17. The smallest absolute Gasteiger partial charge is 0.342 e. The lowest BCUT2D eigenvalue weighted by Crippen LogP contribution is -2.29. The summed E-state index contributed by atoms with van der Waals surface area (Å²) in [4.78, 5) is 21.0. The monoisotopic (exact) mass is 456 g/mol. The molecule has 7 nitrogen and oxygen atoms in total. The van der Waals surface area contributed by atoms with E-state index in [9.17, 15) is 18.0 Å². The van der Waals surface area contributed by atoms with Crippen LogP contribution in [0.5, 0.6) is 0 Å². The average molecular weight is 457 g/mol. The van der Waals surface area contributed by atoms with Gasteiger partial charge in [-0.1, -0.05) is 23.5 Å². The maximum absolute atomic E-state index is 13.0. The zero-order valence-corrected chi connectivity index (χ0v) is 17.3. The summed E-state index contributed by atoms with van der Waals surface area (Å²) in [6.45, 7) is 1.64. The first-order valence-electron chi connectivity index (χ1n) is 8.53. The van der Waals surface area contributed by atoms with E-state index < -0.39 is 23.7 Å². The van der Waals surface area contributed by atoms with Crippen molar-refractivity contribution in [3.8, 4) is 5.82 Å². The highest BCUT2D eigenvalue weighted by Crippen LogP contribution is 2.32. The third kappa shape index (κ3) is 5.03. The Morgan fingerprint density at radius 3 is 2.63 bits per heavy atom. The molecule has 1 amide bonds. The molecule has 158 valence electrons. The topological polar surface area (TPSA) is 84.7 Å². The summed E-state index contributed by atoms with van der Waals surface area (Å²) < 4.78 is 43.4. The highest BCUT2D eigenvalue weighted by Gasteiger charge is 2.32. The largest absolute Gasteiger partial charge is 0.416 e. The van der Waals surface area contributed by atoms with Crippen LogP contribution in [0.4, 0.5) is 18.9 Å². The molecule has 0 spiro atoms. The molecular weight excluding hydrogens is 441 g/mol. The van der Waals surface area contributed by atoms with Gasteiger partial charge in [0.15, 0.2) is 11.6 Å². The summed E-state index contributed by atoms with van der Waals surface area (Å²) in [6, 6.07) is 5.54. The van der Waals surface area contributed by atoms with Crippen molar-refractivity contribution in [1.29, 1.82) is 0 Å². The van der Waals surface area contributed by atoms with Gasteiger partial charge in [0.1, 0.15) is 6.33 Å². The van der Waals surface area contributed by atoms with Crippen LogP contribution in [-0.4, -0.2) is 31.9 Å². The van der Waals surface area contributed by atoms with Crippen LogP contribution in [0, 0.1) is 0 Å². The van der Waals surface area contributed by atoms with Crippen molar-refractivity contribution in [2.75, 3.05) is 11.0 Å². The summed E-state index contributed by atoms with van der Waals surface area (Å²) in [5.74, 6) is 0.106. The number of carbonyl (C=O) groups is 1. The number of nitrogens with one attached hydrogen (secondary N) is 2. The molecule has 30 heavy (non-hydrogen) atoms. The third-order valence-corrected chi connectivity index (χ3v) is 4.64. The van der Waals surface area contributed by atoms with Crippen molar-refractivity contribution in [3.05, 3.63) is 64.8 Å². The van der Waals surface area contributed by atoms with Gasteiger partial charge >= 0.3 is 6.18 Å². The summed E-state index contributed by atoms with van der Waals surface area (Å²) in [7, 11) is 0. The van der Waals surface area contributed by atoms with Crippen molar-refractivity contribution in [1.82, 2.24) is 25.1 Å². The Hall–Kier alpha value is -2.79. The van der Waals surface area contributed by atoms with Gasteiger partial charge in [-0.15, -0.1) is 0 Å². The Labute approximate surface area is 179 Å². The molecule has 12 heteroatoms. The fourth-order valence-electron chi connectivity index (χ4n) is 2.64. The third-order valence-electron chi connectivity index (χ3n) is 3.98. The Kier molecular flexibility index (Phi) is 6.52. The number of aromatic nitrogens is 4. The minimum absolute atomic E-state index is 0.186. The molecule has 2 heterocycles. The zero-order valence-electron chi connectivity index (χ0n) is 15.7. The van der Waals surface area contributed by atoms with Crippen LogP contribution in [-0.2, 0) is 6.18 Å².